The van der Waals surface area contributed by atoms with Crippen molar-refractivity contribution in [3.05, 3.63) is 16.5 Å². The second-order valence-corrected chi connectivity index (χ2v) is 6.10. The standard InChI is InChI=1S/C6H8ClNO2S2/c1-8-4-12(9,10)6-3-2-5(7)11-6/h2-3,8H,4H2,1H3. The van der Waals surface area contributed by atoms with Gasteiger partial charge in [0.25, 0.3) is 0 Å². The van der Waals surface area contributed by atoms with Gasteiger partial charge in [0.2, 0.25) is 9.84 Å². The van der Waals surface area contributed by atoms with Gasteiger partial charge in [-0.2, -0.15) is 0 Å². The van der Waals surface area contributed by atoms with E-state index in [-0.39, 0.29) is 5.88 Å². The predicted molar refractivity (Wildman–Crippen MR) is 50.4 cm³/mol. The zero-order chi connectivity index (χ0) is 9.19. The molecule has 0 atom stereocenters. The van der Waals surface area contributed by atoms with Gasteiger partial charge in [0.05, 0.1) is 4.34 Å². The van der Waals surface area contributed by atoms with Gasteiger partial charge in [-0.25, -0.2) is 8.42 Å². The molecule has 0 bridgehead atoms. The van der Waals surface area contributed by atoms with Crippen molar-refractivity contribution in [2.45, 2.75) is 4.21 Å². The molecule has 1 N–H and O–H groups in total. The number of hydrogen-bond acceptors (Lipinski definition) is 4. The molecule has 6 heteroatoms. The molecule has 0 aliphatic rings. The van der Waals surface area contributed by atoms with Crippen molar-refractivity contribution in [2.24, 2.45) is 0 Å². The van der Waals surface area contributed by atoms with E-state index in [9.17, 15) is 8.42 Å². The highest BCUT2D eigenvalue weighted by atomic mass is 35.5. The monoisotopic (exact) mass is 225 g/mol. The predicted octanol–water partition coefficient (Wildman–Crippen LogP) is 1.35. The summed E-state index contributed by atoms with van der Waals surface area (Å²) in [7, 11) is -1.58. The summed E-state index contributed by atoms with van der Waals surface area (Å²) in [4.78, 5) is 0. The van der Waals surface area contributed by atoms with Crippen molar-refractivity contribution < 1.29 is 8.42 Å². The molecular formula is C6H8ClNO2S2. The summed E-state index contributed by atoms with van der Waals surface area (Å²) >= 11 is 6.67. The van der Waals surface area contributed by atoms with E-state index in [0.29, 0.717) is 8.55 Å². The number of thiophene rings is 1. The molecule has 0 unspecified atom stereocenters. The smallest absolute Gasteiger partial charge is 0.200 e. The average molecular weight is 226 g/mol. The second kappa shape index (κ2) is 3.74. The van der Waals surface area contributed by atoms with Gasteiger partial charge in [-0.3, -0.25) is 0 Å². The van der Waals surface area contributed by atoms with Crippen LogP contribution in [0.3, 0.4) is 0 Å². The maximum absolute atomic E-state index is 11.3. The normalized spacial score (nSPS) is 11.8. The first-order valence-corrected chi connectivity index (χ1v) is 6.03. The number of rotatable bonds is 3. The van der Waals surface area contributed by atoms with Crippen LogP contribution in [0.1, 0.15) is 0 Å². The van der Waals surface area contributed by atoms with Crippen LogP contribution in [0.15, 0.2) is 16.3 Å². The Morgan fingerprint density at radius 2 is 2.25 bits per heavy atom. The van der Waals surface area contributed by atoms with Gasteiger partial charge in [0.15, 0.2) is 0 Å². The summed E-state index contributed by atoms with van der Waals surface area (Å²) in [6.45, 7) is 0. The number of sulfone groups is 1. The Morgan fingerprint density at radius 1 is 1.58 bits per heavy atom. The first kappa shape index (κ1) is 9.98. The molecule has 0 aliphatic carbocycles. The molecule has 1 rings (SSSR count). The third-order valence-corrected chi connectivity index (χ3v) is 4.64. The van der Waals surface area contributed by atoms with Crippen molar-refractivity contribution in [1.82, 2.24) is 5.32 Å². The van der Waals surface area contributed by atoms with Crippen molar-refractivity contribution in [1.29, 1.82) is 0 Å². The van der Waals surface area contributed by atoms with Crippen LogP contribution in [-0.4, -0.2) is 21.3 Å². The Bertz CT molecular complexity index is 357. The first-order valence-electron chi connectivity index (χ1n) is 3.19. The fraction of sp³-hybridized carbons (Fsp3) is 0.333. The summed E-state index contributed by atoms with van der Waals surface area (Å²) in [5, 5.41) is 2.59. The molecule has 0 aromatic carbocycles. The molecule has 0 radical (unpaired) electrons. The van der Waals surface area contributed by atoms with Crippen LogP contribution < -0.4 is 5.32 Å². The minimum Gasteiger partial charge on any atom is -0.306 e. The summed E-state index contributed by atoms with van der Waals surface area (Å²) in [6, 6.07) is 3.09. The minimum absolute atomic E-state index is 0.0517. The molecule has 3 nitrogen and oxygen atoms in total. The summed E-state index contributed by atoms with van der Waals surface area (Å²) in [5.41, 5.74) is 0. The second-order valence-electron chi connectivity index (χ2n) is 2.17. The summed E-state index contributed by atoms with van der Waals surface area (Å²) in [5.74, 6) is -0.0517. The Hall–Kier alpha value is -0.100. The van der Waals surface area contributed by atoms with Crippen LogP contribution in [0.2, 0.25) is 4.34 Å². The lowest BCUT2D eigenvalue weighted by Gasteiger charge is -1.97. The van der Waals surface area contributed by atoms with E-state index in [4.69, 9.17) is 11.6 Å². The van der Waals surface area contributed by atoms with Crippen molar-refractivity contribution in [2.75, 3.05) is 12.9 Å². The van der Waals surface area contributed by atoms with Crippen LogP contribution in [0.5, 0.6) is 0 Å². The zero-order valence-electron chi connectivity index (χ0n) is 6.37. The SMILES string of the molecule is CNCS(=O)(=O)c1ccc(Cl)s1. The minimum atomic E-state index is -3.17. The fourth-order valence-corrected chi connectivity index (χ4v) is 3.39. The Balaban J connectivity index is 2.98. The lowest BCUT2D eigenvalue weighted by atomic mass is 10.7. The molecule has 1 aromatic heterocycles. The lowest BCUT2D eigenvalue weighted by molar-refractivity contribution is 0.593. The lowest BCUT2D eigenvalue weighted by Crippen LogP contribution is -2.18. The molecule has 1 heterocycles. The first-order chi connectivity index (χ1) is 5.56. The fourth-order valence-electron chi connectivity index (χ4n) is 0.726. The molecule has 0 amide bonds. The third-order valence-electron chi connectivity index (χ3n) is 1.19. The molecule has 0 aliphatic heterocycles. The molecule has 12 heavy (non-hydrogen) atoms. The number of hydrogen-bond donors (Lipinski definition) is 1. The maximum Gasteiger partial charge on any atom is 0.200 e. The molecular weight excluding hydrogens is 218 g/mol. The Kier molecular flexibility index (Phi) is 3.11. The molecule has 1 aromatic rings. The van der Waals surface area contributed by atoms with E-state index >= 15 is 0 Å². The van der Waals surface area contributed by atoms with Crippen molar-refractivity contribution in [3.8, 4) is 0 Å². The summed E-state index contributed by atoms with van der Waals surface area (Å²) in [6.07, 6.45) is 0. The largest absolute Gasteiger partial charge is 0.306 e. The van der Waals surface area contributed by atoms with Gasteiger partial charge in [-0.05, 0) is 19.2 Å². The molecule has 0 spiro atoms. The van der Waals surface area contributed by atoms with Crippen LogP contribution >= 0.6 is 22.9 Å². The molecule has 0 saturated carbocycles. The van der Waals surface area contributed by atoms with Crippen LogP contribution in [0.4, 0.5) is 0 Å². The van der Waals surface area contributed by atoms with Crippen LogP contribution in [0, 0.1) is 0 Å². The molecule has 68 valence electrons. The molecule has 0 saturated heterocycles. The van der Waals surface area contributed by atoms with Crippen molar-refractivity contribution >= 4 is 32.8 Å². The Morgan fingerprint density at radius 3 is 2.67 bits per heavy atom. The van der Waals surface area contributed by atoms with E-state index in [1.54, 1.807) is 13.1 Å². The van der Waals surface area contributed by atoms with Crippen LogP contribution in [0.25, 0.3) is 0 Å². The van der Waals surface area contributed by atoms with E-state index in [1.165, 1.54) is 6.07 Å². The van der Waals surface area contributed by atoms with E-state index in [1.807, 2.05) is 0 Å². The number of nitrogens with one attached hydrogen (secondary N) is 1. The highest BCUT2D eigenvalue weighted by Crippen LogP contribution is 2.25. The van der Waals surface area contributed by atoms with E-state index in [2.05, 4.69) is 5.32 Å². The Labute approximate surface area is 80.3 Å². The van der Waals surface area contributed by atoms with Crippen molar-refractivity contribution in [3.63, 3.8) is 0 Å². The quantitative estimate of drug-likeness (QED) is 0.845. The number of halogens is 1. The average Bonchev–Trinajstić information content (AvgIpc) is 2.36. The van der Waals surface area contributed by atoms with Gasteiger partial charge in [0.1, 0.15) is 10.1 Å². The van der Waals surface area contributed by atoms with Gasteiger partial charge < -0.3 is 5.32 Å². The van der Waals surface area contributed by atoms with Gasteiger partial charge in [0, 0.05) is 0 Å². The van der Waals surface area contributed by atoms with Gasteiger partial charge >= 0.3 is 0 Å². The molecule has 0 fully saturated rings. The highest BCUT2D eigenvalue weighted by molar-refractivity contribution is 7.93. The van der Waals surface area contributed by atoms with Gasteiger partial charge in [-0.1, -0.05) is 11.6 Å². The topological polar surface area (TPSA) is 46.2 Å². The van der Waals surface area contributed by atoms with Crippen LogP contribution in [-0.2, 0) is 9.84 Å². The highest BCUT2D eigenvalue weighted by Gasteiger charge is 2.14. The third kappa shape index (κ3) is 2.20. The van der Waals surface area contributed by atoms with E-state index < -0.39 is 9.84 Å². The summed E-state index contributed by atoms with van der Waals surface area (Å²) < 4.78 is 23.5. The zero-order valence-corrected chi connectivity index (χ0v) is 8.76. The van der Waals surface area contributed by atoms with Gasteiger partial charge in [-0.15, -0.1) is 11.3 Å². The maximum atomic E-state index is 11.3. The van der Waals surface area contributed by atoms with E-state index in [0.717, 1.165) is 11.3 Å².